The van der Waals surface area contributed by atoms with Gasteiger partial charge in [0.15, 0.2) is 5.82 Å². The number of hydrogen-bond acceptors (Lipinski definition) is 7. The summed E-state index contributed by atoms with van der Waals surface area (Å²) in [6.45, 7) is 2.04. The summed E-state index contributed by atoms with van der Waals surface area (Å²) in [6.07, 6.45) is 6.11. The lowest BCUT2D eigenvalue weighted by Crippen LogP contribution is -2.45. The standard InChI is InChI=1S/C31H28BF2N7/c1-2-27(19-6-4-3-5-7-19)37-29-20(16-35)17-36-30-25(29)14-23(15-26(30)34)38-31(32,21-8-10-22(33)11-9-21)28-18-41(40-39-28)24-12-13-24/h3-11,14-15,17-18,24,27,38-40H,2,12-13H2,1H3,(H,36,37)/t27-,31?/m1/s1. The number of nitrogens with zero attached hydrogens (tertiary/aromatic N) is 3. The van der Waals surface area contributed by atoms with Crippen LogP contribution in [0.1, 0.15) is 48.9 Å². The number of hydrogen-bond donors (Lipinski definition) is 4. The molecule has 6 rings (SSSR count). The average molecular weight is 547 g/mol. The number of nitrogens with one attached hydrogen (secondary N) is 4. The van der Waals surface area contributed by atoms with Crippen molar-refractivity contribution in [3.8, 4) is 6.07 Å². The van der Waals surface area contributed by atoms with Crippen LogP contribution in [0, 0.1) is 23.0 Å². The number of benzene rings is 3. The van der Waals surface area contributed by atoms with Crippen molar-refractivity contribution in [1.82, 2.24) is 21.0 Å². The molecule has 0 amide bonds. The number of nitriles is 1. The van der Waals surface area contributed by atoms with E-state index in [1.54, 1.807) is 18.2 Å². The molecule has 10 heteroatoms. The molecule has 1 fully saturated rings. The highest BCUT2D eigenvalue weighted by Gasteiger charge is 2.38. The van der Waals surface area contributed by atoms with Crippen LogP contribution in [-0.4, -0.2) is 23.9 Å². The predicted molar refractivity (Wildman–Crippen MR) is 156 cm³/mol. The Labute approximate surface area is 238 Å². The maximum atomic E-state index is 15.6. The Morgan fingerprint density at radius 2 is 1.90 bits per heavy atom. The van der Waals surface area contributed by atoms with Crippen molar-refractivity contribution in [2.45, 2.75) is 43.7 Å². The summed E-state index contributed by atoms with van der Waals surface area (Å²) >= 11 is 0. The molecule has 3 aromatic carbocycles. The number of hydrazine groups is 2. The summed E-state index contributed by atoms with van der Waals surface area (Å²) in [5, 5.41) is 19.1. The Morgan fingerprint density at radius 1 is 1.15 bits per heavy atom. The largest absolute Gasteiger partial charge is 0.378 e. The number of rotatable bonds is 9. The lowest BCUT2D eigenvalue weighted by molar-refractivity contribution is 0.260. The first kappa shape index (κ1) is 26.6. The van der Waals surface area contributed by atoms with Crippen LogP contribution in [0.5, 0.6) is 0 Å². The van der Waals surface area contributed by atoms with Gasteiger partial charge in [-0.05, 0) is 54.7 Å². The Morgan fingerprint density at radius 3 is 2.59 bits per heavy atom. The molecule has 1 unspecified atom stereocenters. The summed E-state index contributed by atoms with van der Waals surface area (Å²) in [4.78, 5) is 4.26. The zero-order chi connectivity index (χ0) is 28.6. The summed E-state index contributed by atoms with van der Waals surface area (Å²) in [6, 6.07) is 21.2. The van der Waals surface area contributed by atoms with E-state index in [-0.39, 0.29) is 11.6 Å². The lowest BCUT2D eigenvalue weighted by atomic mass is 9.69. The quantitative estimate of drug-likeness (QED) is 0.200. The maximum absolute atomic E-state index is 15.6. The molecule has 204 valence electrons. The summed E-state index contributed by atoms with van der Waals surface area (Å²) < 4.78 is 29.5. The van der Waals surface area contributed by atoms with E-state index in [0.29, 0.717) is 39.6 Å². The number of pyridine rings is 1. The van der Waals surface area contributed by atoms with Crippen molar-refractivity contribution in [2.24, 2.45) is 0 Å². The highest BCUT2D eigenvalue weighted by Crippen LogP contribution is 2.38. The third-order valence-electron chi connectivity index (χ3n) is 7.57. The van der Waals surface area contributed by atoms with Gasteiger partial charge < -0.3 is 16.1 Å². The number of anilines is 2. The normalized spacial score (nSPS) is 16.8. The second-order valence-electron chi connectivity index (χ2n) is 10.4. The highest BCUT2D eigenvalue weighted by molar-refractivity contribution is 6.19. The Balaban J connectivity index is 1.44. The predicted octanol–water partition coefficient (Wildman–Crippen LogP) is 5.71. The lowest BCUT2D eigenvalue weighted by Gasteiger charge is -2.34. The van der Waals surface area contributed by atoms with Gasteiger partial charge in [0.1, 0.15) is 25.2 Å². The molecule has 0 saturated heterocycles. The van der Waals surface area contributed by atoms with Crippen molar-refractivity contribution in [2.75, 3.05) is 10.6 Å². The molecule has 4 N–H and O–H groups in total. The maximum Gasteiger partial charge on any atom is 0.151 e. The van der Waals surface area contributed by atoms with E-state index >= 15 is 4.39 Å². The Bertz CT molecular complexity index is 1650. The average Bonchev–Trinajstić information content (AvgIpc) is 3.72. The first-order valence-electron chi connectivity index (χ1n) is 13.6. The molecule has 0 spiro atoms. The molecule has 1 aliphatic heterocycles. The van der Waals surface area contributed by atoms with Crippen molar-refractivity contribution >= 4 is 30.1 Å². The molecule has 7 nitrogen and oxygen atoms in total. The molecular formula is C31H28BF2N7. The third-order valence-corrected chi connectivity index (χ3v) is 7.57. The molecule has 2 aliphatic rings. The van der Waals surface area contributed by atoms with E-state index in [0.717, 1.165) is 24.8 Å². The van der Waals surface area contributed by atoms with Gasteiger partial charge >= 0.3 is 0 Å². The fraction of sp³-hybridized carbons (Fsp3) is 0.226. The van der Waals surface area contributed by atoms with Gasteiger partial charge in [-0.3, -0.25) is 9.99 Å². The highest BCUT2D eigenvalue weighted by atomic mass is 19.1. The molecule has 1 aromatic heterocycles. The topological polar surface area (TPSA) is 88.0 Å². The first-order chi connectivity index (χ1) is 19.9. The van der Waals surface area contributed by atoms with Gasteiger partial charge in [0.2, 0.25) is 0 Å². The van der Waals surface area contributed by atoms with Gasteiger partial charge in [0, 0.05) is 29.5 Å². The van der Waals surface area contributed by atoms with Crippen molar-refractivity contribution in [3.63, 3.8) is 0 Å². The number of halogens is 2. The molecule has 41 heavy (non-hydrogen) atoms. The van der Waals surface area contributed by atoms with Gasteiger partial charge in [0.05, 0.1) is 28.4 Å². The number of aromatic nitrogens is 1. The van der Waals surface area contributed by atoms with Crippen LogP contribution in [0.4, 0.5) is 20.2 Å². The molecule has 2 radical (unpaired) electrons. The fourth-order valence-corrected chi connectivity index (χ4v) is 5.17. The van der Waals surface area contributed by atoms with Gasteiger partial charge in [-0.15, -0.1) is 5.53 Å². The number of fused-ring (bicyclic) bond motifs is 1. The first-order valence-corrected chi connectivity index (χ1v) is 13.6. The smallest absolute Gasteiger partial charge is 0.151 e. The monoisotopic (exact) mass is 547 g/mol. The van der Waals surface area contributed by atoms with Crippen molar-refractivity contribution < 1.29 is 8.78 Å². The van der Waals surface area contributed by atoms with Crippen molar-refractivity contribution in [1.29, 1.82) is 5.26 Å². The molecule has 1 saturated carbocycles. The van der Waals surface area contributed by atoms with Gasteiger partial charge in [-0.2, -0.15) is 5.26 Å². The zero-order valence-electron chi connectivity index (χ0n) is 22.5. The fourth-order valence-electron chi connectivity index (χ4n) is 5.17. The van der Waals surface area contributed by atoms with Crippen LogP contribution in [0.15, 0.2) is 84.8 Å². The minimum atomic E-state index is -1.38. The van der Waals surface area contributed by atoms with Crippen molar-refractivity contribution in [3.05, 3.63) is 113 Å². The van der Waals surface area contributed by atoms with Gasteiger partial charge in [-0.1, -0.05) is 49.4 Å². The minimum Gasteiger partial charge on any atom is -0.378 e. The van der Waals surface area contributed by atoms with E-state index in [2.05, 4.69) is 32.6 Å². The van der Waals surface area contributed by atoms with Crippen LogP contribution in [-0.2, 0) is 5.44 Å². The van der Waals surface area contributed by atoms with Crippen LogP contribution in [0.3, 0.4) is 0 Å². The molecule has 1 aliphatic carbocycles. The van der Waals surface area contributed by atoms with Crippen LogP contribution in [0.2, 0.25) is 0 Å². The summed E-state index contributed by atoms with van der Waals surface area (Å²) in [7, 11) is 7.02. The Kier molecular flexibility index (Phi) is 6.97. The van der Waals surface area contributed by atoms with Gasteiger partial charge in [0.25, 0.3) is 0 Å². The second-order valence-corrected chi connectivity index (χ2v) is 10.4. The van der Waals surface area contributed by atoms with E-state index < -0.39 is 17.1 Å². The Hall–Kier alpha value is -4.62. The van der Waals surface area contributed by atoms with Crippen LogP contribution in [0.25, 0.3) is 10.9 Å². The van der Waals surface area contributed by atoms with Crippen LogP contribution >= 0.6 is 0 Å². The minimum absolute atomic E-state index is 0.117. The van der Waals surface area contributed by atoms with E-state index in [1.165, 1.54) is 24.4 Å². The molecule has 2 heterocycles. The van der Waals surface area contributed by atoms with Gasteiger partial charge in [-0.25, -0.2) is 8.78 Å². The second kappa shape index (κ2) is 10.7. The van der Waals surface area contributed by atoms with E-state index in [1.807, 2.05) is 48.5 Å². The molecule has 2 atom stereocenters. The molecular weight excluding hydrogens is 519 g/mol. The summed E-state index contributed by atoms with van der Waals surface area (Å²) in [5.41, 5.74) is 8.33. The zero-order valence-corrected chi connectivity index (χ0v) is 22.5. The van der Waals surface area contributed by atoms with Crippen LogP contribution < -0.4 is 21.6 Å². The van der Waals surface area contributed by atoms with E-state index in [9.17, 15) is 9.65 Å². The SMILES string of the molecule is [B]C(Nc1cc(F)c2ncc(C#N)c(N[C@H](CC)c3ccccc3)c2c1)(C1=CN(C2CC2)NN1)c1ccc(F)cc1. The molecule has 0 bridgehead atoms. The third kappa shape index (κ3) is 5.16. The van der Waals surface area contributed by atoms with E-state index in [4.69, 9.17) is 7.85 Å². The summed E-state index contributed by atoms with van der Waals surface area (Å²) in [5.74, 6) is -0.966. The molecule has 4 aromatic rings.